The number of amides is 1. The Morgan fingerprint density at radius 2 is 1.70 bits per heavy atom. The Bertz CT molecular complexity index is 1420. The smallest absolute Gasteiger partial charge is 0.406 e. The zero-order valence-corrected chi connectivity index (χ0v) is 24.5. The van der Waals surface area contributed by atoms with E-state index in [0.717, 1.165) is 68.6 Å². The van der Waals surface area contributed by atoms with Gasteiger partial charge < -0.3 is 15.0 Å². The van der Waals surface area contributed by atoms with Crippen molar-refractivity contribution in [1.82, 2.24) is 9.88 Å². The second-order valence-corrected chi connectivity index (χ2v) is 11.3. The number of aromatic nitrogens is 1. The van der Waals surface area contributed by atoms with Gasteiger partial charge in [-0.2, -0.15) is 0 Å². The van der Waals surface area contributed by atoms with Crippen LogP contribution < -0.4 is 15.0 Å². The Morgan fingerprint density at radius 3 is 2.33 bits per heavy atom. The van der Waals surface area contributed by atoms with Crippen LogP contribution in [0.4, 0.5) is 24.7 Å². The van der Waals surface area contributed by atoms with E-state index in [1.54, 1.807) is 37.4 Å². The van der Waals surface area contributed by atoms with Crippen molar-refractivity contribution in [2.45, 2.75) is 64.9 Å². The van der Waals surface area contributed by atoms with Gasteiger partial charge in [0.25, 0.3) is 5.91 Å². The van der Waals surface area contributed by atoms with Crippen LogP contribution in [0.5, 0.6) is 5.75 Å². The molecule has 10 heteroatoms. The third-order valence-electron chi connectivity index (χ3n) is 8.54. The summed E-state index contributed by atoms with van der Waals surface area (Å²) in [6.45, 7) is 7.03. The van der Waals surface area contributed by atoms with Gasteiger partial charge in [-0.3, -0.25) is 14.5 Å². The number of likely N-dealkylation sites (tertiary alicyclic amines) is 1. The Hall–Kier alpha value is -3.92. The van der Waals surface area contributed by atoms with Crippen LogP contribution in [0.1, 0.15) is 61.9 Å². The molecule has 0 radical (unpaired) electrons. The first-order valence-corrected chi connectivity index (χ1v) is 14.9. The molecule has 1 amide bonds. The van der Waals surface area contributed by atoms with E-state index < -0.39 is 6.36 Å². The van der Waals surface area contributed by atoms with Crippen molar-refractivity contribution in [3.63, 3.8) is 0 Å². The number of ether oxygens (including phenoxy) is 1. The molecular weight excluding hydrogens is 557 g/mol. The molecule has 2 aromatic carbocycles. The summed E-state index contributed by atoms with van der Waals surface area (Å²) >= 11 is 0. The molecule has 228 valence electrons. The number of halogens is 3. The topological polar surface area (TPSA) is 74.8 Å². The fraction of sp³-hybridized carbons (Fsp3) is 0.424. The fourth-order valence-electron chi connectivity index (χ4n) is 6.13. The number of Topliss-reactive ketones (excluding diaryl/α,β-unsaturated/α-hetero) is 1. The van der Waals surface area contributed by atoms with Gasteiger partial charge in [-0.15, -0.1) is 13.2 Å². The van der Waals surface area contributed by atoms with Crippen molar-refractivity contribution in [1.29, 1.82) is 0 Å². The number of carbonyl (C=O) groups is 2. The lowest BCUT2D eigenvalue weighted by molar-refractivity contribution is -0.274. The van der Waals surface area contributed by atoms with Gasteiger partial charge in [0.2, 0.25) is 0 Å². The average molecular weight is 595 g/mol. The van der Waals surface area contributed by atoms with Gasteiger partial charge in [-0.1, -0.05) is 19.1 Å². The maximum atomic E-state index is 13.2. The number of carbonyl (C=O) groups excluding carboxylic acids is 2. The molecule has 0 aliphatic carbocycles. The minimum atomic E-state index is -4.76. The number of nitrogens with one attached hydrogen (secondary N) is 1. The van der Waals surface area contributed by atoms with Crippen molar-refractivity contribution in [3.05, 3.63) is 71.9 Å². The summed E-state index contributed by atoms with van der Waals surface area (Å²) in [5.74, 6) is 0.214. The second kappa shape index (κ2) is 13.2. The molecule has 3 aromatic rings. The summed E-state index contributed by atoms with van der Waals surface area (Å²) in [5, 5.41) is 2.91. The molecule has 5 rings (SSSR count). The number of benzene rings is 2. The van der Waals surface area contributed by atoms with E-state index in [2.05, 4.69) is 31.8 Å². The summed E-state index contributed by atoms with van der Waals surface area (Å²) in [4.78, 5) is 34.0. The Balaban J connectivity index is 1.32. The van der Waals surface area contributed by atoms with Gasteiger partial charge in [0.1, 0.15) is 17.4 Å². The lowest BCUT2D eigenvalue weighted by Crippen LogP contribution is -2.35. The van der Waals surface area contributed by atoms with Crippen LogP contribution in [-0.4, -0.2) is 53.6 Å². The van der Waals surface area contributed by atoms with Crippen LogP contribution >= 0.6 is 0 Å². The third kappa shape index (κ3) is 7.73. The van der Waals surface area contributed by atoms with Gasteiger partial charge in [0.15, 0.2) is 0 Å². The predicted octanol–water partition coefficient (Wildman–Crippen LogP) is 7.08. The highest BCUT2D eigenvalue weighted by Crippen LogP contribution is 2.32. The lowest BCUT2D eigenvalue weighted by Gasteiger charge is -2.32. The highest BCUT2D eigenvalue weighted by atomic mass is 19.4. The summed E-state index contributed by atoms with van der Waals surface area (Å²) in [7, 11) is 0. The first-order chi connectivity index (χ1) is 20.6. The molecule has 0 spiro atoms. The first kappa shape index (κ1) is 30.5. The van der Waals surface area contributed by atoms with Gasteiger partial charge in [-0.05, 0) is 99.2 Å². The summed E-state index contributed by atoms with van der Waals surface area (Å²) in [5.41, 5.74) is 3.95. The SMILES string of the molecule is CC[C@@H]1CCCN1Cc1cc(NC(=O)c2ccc(N3CCC(C(C)=O)CC3)cc2)ncc1-c1ccc(OC(F)(F)F)cc1. The number of rotatable bonds is 9. The zero-order valence-electron chi connectivity index (χ0n) is 24.5. The molecule has 2 fully saturated rings. The van der Waals surface area contributed by atoms with Gasteiger partial charge >= 0.3 is 6.36 Å². The number of ketones is 1. The Morgan fingerprint density at radius 1 is 1.00 bits per heavy atom. The molecule has 7 nitrogen and oxygen atoms in total. The van der Waals surface area contributed by atoms with E-state index in [1.165, 1.54) is 12.1 Å². The fourth-order valence-corrected chi connectivity index (χ4v) is 6.13. The summed E-state index contributed by atoms with van der Waals surface area (Å²) in [6, 6.07) is 15.5. The predicted molar refractivity (Wildman–Crippen MR) is 160 cm³/mol. The highest BCUT2D eigenvalue weighted by Gasteiger charge is 2.31. The Kier molecular flexibility index (Phi) is 9.34. The van der Waals surface area contributed by atoms with Crippen molar-refractivity contribution in [2.75, 3.05) is 29.9 Å². The number of anilines is 2. The highest BCUT2D eigenvalue weighted by molar-refractivity contribution is 6.04. The number of alkyl halides is 3. The molecule has 0 unspecified atom stereocenters. The van der Waals surface area contributed by atoms with Gasteiger partial charge in [-0.25, -0.2) is 4.98 Å². The largest absolute Gasteiger partial charge is 0.573 e. The molecule has 0 bridgehead atoms. The van der Waals surface area contributed by atoms with Crippen LogP contribution in [-0.2, 0) is 11.3 Å². The van der Waals surface area contributed by atoms with Crippen LogP contribution in [0, 0.1) is 5.92 Å². The average Bonchev–Trinajstić information content (AvgIpc) is 3.44. The van der Waals surface area contributed by atoms with Crippen LogP contribution in [0.15, 0.2) is 60.8 Å². The number of hydrogen-bond acceptors (Lipinski definition) is 6. The molecule has 1 aromatic heterocycles. The minimum absolute atomic E-state index is 0.131. The first-order valence-electron chi connectivity index (χ1n) is 14.9. The van der Waals surface area contributed by atoms with Crippen molar-refractivity contribution >= 4 is 23.2 Å². The lowest BCUT2D eigenvalue weighted by atomic mass is 9.93. The summed E-state index contributed by atoms with van der Waals surface area (Å²) in [6.07, 6.45) is 1.83. The summed E-state index contributed by atoms with van der Waals surface area (Å²) < 4.78 is 42.0. The maximum absolute atomic E-state index is 13.2. The monoisotopic (exact) mass is 594 g/mol. The number of piperidine rings is 1. The van der Waals surface area contributed by atoms with E-state index in [1.807, 2.05) is 18.2 Å². The molecule has 1 atom stereocenters. The molecular formula is C33H37F3N4O3. The van der Waals surface area contributed by atoms with Crippen molar-refractivity contribution in [3.8, 4) is 16.9 Å². The van der Waals surface area contributed by atoms with Crippen molar-refractivity contribution in [2.24, 2.45) is 5.92 Å². The minimum Gasteiger partial charge on any atom is -0.406 e. The maximum Gasteiger partial charge on any atom is 0.573 e. The molecule has 2 aliphatic heterocycles. The number of nitrogens with zero attached hydrogens (tertiary/aromatic N) is 3. The van der Waals surface area contributed by atoms with E-state index >= 15 is 0 Å². The number of hydrogen-bond donors (Lipinski definition) is 1. The van der Waals surface area contributed by atoms with Crippen LogP contribution in [0.25, 0.3) is 11.1 Å². The quantitative estimate of drug-likeness (QED) is 0.286. The standard InChI is InChI=1S/C33H37F3N4O3/c1-3-27-5-4-16-40(27)21-26-19-31(37-20-30(26)24-8-12-29(13-9-24)43-33(34,35)36)38-32(42)25-6-10-28(11-7-25)39-17-14-23(15-18-39)22(2)41/h6-13,19-20,23,27H,3-5,14-18,21H2,1-2H3,(H,37,38,42)/t27-/m1/s1. The Labute approximate surface area is 250 Å². The zero-order chi connectivity index (χ0) is 30.6. The normalized spacial score (nSPS) is 18.1. The van der Waals surface area contributed by atoms with E-state index in [-0.39, 0.29) is 23.4 Å². The molecule has 2 saturated heterocycles. The third-order valence-corrected chi connectivity index (χ3v) is 8.54. The molecule has 43 heavy (non-hydrogen) atoms. The molecule has 2 aliphatic rings. The second-order valence-electron chi connectivity index (χ2n) is 11.3. The molecule has 0 saturated carbocycles. The van der Waals surface area contributed by atoms with Gasteiger partial charge in [0.05, 0.1) is 0 Å². The van der Waals surface area contributed by atoms with E-state index in [0.29, 0.717) is 29.5 Å². The van der Waals surface area contributed by atoms with Gasteiger partial charge in [0, 0.05) is 54.6 Å². The molecule has 1 N–H and O–H groups in total. The van der Waals surface area contributed by atoms with E-state index in [4.69, 9.17) is 0 Å². The number of pyridine rings is 1. The van der Waals surface area contributed by atoms with Crippen LogP contribution in [0.3, 0.4) is 0 Å². The van der Waals surface area contributed by atoms with E-state index in [9.17, 15) is 22.8 Å². The molecule has 3 heterocycles. The van der Waals surface area contributed by atoms with Crippen LogP contribution in [0.2, 0.25) is 0 Å². The van der Waals surface area contributed by atoms with Crippen molar-refractivity contribution < 1.29 is 27.5 Å².